The molecule has 5 heteroatoms. The van der Waals surface area contributed by atoms with Gasteiger partial charge in [0.25, 0.3) is 0 Å². The summed E-state index contributed by atoms with van der Waals surface area (Å²) in [5.41, 5.74) is 0. The molecule has 0 aromatic heterocycles. The van der Waals surface area contributed by atoms with Crippen LogP contribution in [0.2, 0.25) is 5.02 Å². The van der Waals surface area contributed by atoms with Gasteiger partial charge >= 0.3 is 5.97 Å². The first-order chi connectivity index (χ1) is 7.63. The van der Waals surface area contributed by atoms with Gasteiger partial charge in [0.1, 0.15) is 11.6 Å². The molecule has 3 nitrogen and oxygen atoms in total. The molecular weight excluding hydrogens is 235 g/mol. The van der Waals surface area contributed by atoms with Gasteiger partial charge in [0.15, 0.2) is 0 Å². The summed E-state index contributed by atoms with van der Waals surface area (Å²) in [6, 6.07) is 3.81. The van der Waals surface area contributed by atoms with Crippen LogP contribution in [0.25, 0.3) is 0 Å². The molecule has 16 heavy (non-hydrogen) atoms. The van der Waals surface area contributed by atoms with Crippen molar-refractivity contribution in [3.63, 3.8) is 0 Å². The molecule has 0 radical (unpaired) electrons. The number of carbonyl (C=O) groups is 1. The zero-order valence-corrected chi connectivity index (χ0v) is 9.59. The second-order valence-electron chi connectivity index (χ2n) is 2.98. The third-order valence-electron chi connectivity index (χ3n) is 1.76. The molecule has 0 heterocycles. The number of esters is 1. The molecule has 1 aromatic carbocycles. The van der Waals surface area contributed by atoms with Crippen LogP contribution in [0.4, 0.5) is 4.39 Å². The maximum absolute atomic E-state index is 12.8. The van der Waals surface area contributed by atoms with E-state index in [9.17, 15) is 9.18 Å². The Kier molecular flexibility index (Phi) is 5.05. The lowest BCUT2D eigenvalue weighted by Gasteiger charge is -2.07. The molecule has 0 aliphatic rings. The van der Waals surface area contributed by atoms with E-state index < -0.39 is 5.82 Å². The normalized spacial score (nSPS) is 9.94. The van der Waals surface area contributed by atoms with E-state index in [1.165, 1.54) is 18.2 Å². The van der Waals surface area contributed by atoms with Gasteiger partial charge in [-0.2, -0.15) is 0 Å². The van der Waals surface area contributed by atoms with Crippen LogP contribution in [-0.4, -0.2) is 19.2 Å². The number of carbonyl (C=O) groups excluding carboxylic acids is 1. The van der Waals surface area contributed by atoms with Crippen LogP contribution in [0, 0.1) is 5.82 Å². The van der Waals surface area contributed by atoms with E-state index in [0.717, 1.165) is 0 Å². The van der Waals surface area contributed by atoms with Gasteiger partial charge in [0.2, 0.25) is 0 Å². The highest BCUT2D eigenvalue weighted by Crippen LogP contribution is 2.24. The molecular formula is C11H12ClFO3. The number of hydrogen-bond donors (Lipinski definition) is 0. The average Bonchev–Trinajstić information content (AvgIpc) is 2.23. The summed E-state index contributed by atoms with van der Waals surface area (Å²) in [4.78, 5) is 11.0. The number of halogens is 2. The molecule has 0 aliphatic heterocycles. The van der Waals surface area contributed by atoms with Gasteiger partial charge in [-0.1, -0.05) is 11.6 Å². The number of hydrogen-bond acceptors (Lipinski definition) is 3. The highest BCUT2D eigenvalue weighted by atomic mass is 35.5. The van der Waals surface area contributed by atoms with Gasteiger partial charge in [0, 0.05) is 6.07 Å². The molecule has 88 valence electrons. The first-order valence-corrected chi connectivity index (χ1v) is 5.24. The smallest absolute Gasteiger partial charge is 0.309 e. The maximum Gasteiger partial charge on any atom is 0.309 e. The maximum atomic E-state index is 12.8. The number of rotatable bonds is 5. The molecule has 0 unspecified atom stereocenters. The van der Waals surface area contributed by atoms with Crippen molar-refractivity contribution in [2.45, 2.75) is 13.3 Å². The minimum absolute atomic E-state index is 0.112. The van der Waals surface area contributed by atoms with Gasteiger partial charge in [-0.15, -0.1) is 0 Å². The van der Waals surface area contributed by atoms with Crippen molar-refractivity contribution >= 4 is 17.6 Å². The molecule has 0 atom stereocenters. The van der Waals surface area contributed by atoms with Gasteiger partial charge in [-0.3, -0.25) is 4.79 Å². The largest absolute Gasteiger partial charge is 0.491 e. The van der Waals surface area contributed by atoms with Crippen LogP contribution in [0.15, 0.2) is 18.2 Å². The molecule has 0 amide bonds. The Balaban J connectivity index is 2.42. The lowest BCUT2D eigenvalue weighted by molar-refractivity contribution is -0.143. The molecule has 1 rings (SSSR count). The minimum atomic E-state index is -0.435. The Hall–Kier alpha value is -1.29. The monoisotopic (exact) mass is 246 g/mol. The predicted octanol–water partition coefficient (Wildman–Crippen LogP) is 2.81. The Morgan fingerprint density at radius 3 is 2.94 bits per heavy atom. The molecule has 0 N–H and O–H groups in total. The summed E-state index contributed by atoms with van der Waals surface area (Å²) < 4.78 is 22.7. The van der Waals surface area contributed by atoms with Crippen molar-refractivity contribution in [1.82, 2.24) is 0 Å². The van der Waals surface area contributed by atoms with Crippen LogP contribution >= 0.6 is 11.6 Å². The molecule has 0 saturated heterocycles. The molecule has 0 saturated carbocycles. The van der Waals surface area contributed by atoms with Crippen LogP contribution in [0.1, 0.15) is 13.3 Å². The SMILES string of the molecule is CCOC(=O)CCOc1cc(F)ccc1Cl. The van der Waals surface area contributed by atoms with Crippen molar-refractivity contribution in [3.8, 4) is 5.75 Å². The average molecular weight is 247 g/mol. The summed E-state index contributed by atoms with van der Waals surface area (Å²) in [6.07, 6.45) is 0.112. The predicted molar refractivity (Wildman–Crippen MR) is 58.2 cm³/mol. The number of ether oxygens (including phenoxy) is 2. The van der Waals surface area contributed by atoms with E-state index >= 15 is 0 Å². The topological polar surface area (TPSA) is 35.5 Å². The highest BCUT2D eigenvalue weighted by Gasteiger charge is 2.05. The quantitative estimate of drug-likeness (QED) is 0.750. The van der Waals surface area contributed by atoms with Crippen LogP contribution in [-0.2, 0) is 9.53 Å². The Bertz CT molecular complexity index is 368. The lowest BCUT2D eigenvalue weighted by atomic mass is 10.3. The molecule has 0 aliphatic carbocycles. The zero-order chi connectivity index (χ0) is 12.0. The van der Waals surface area contributed by atoms with E-state index in [1.807, 2.05) is 0 Å². The second-order valence-corrected chi connectivity index (χ2v) is 3.39. The van der Waals surface area contributed by atoms with Crippen LogP contribution in [0.3, 0.4) is 0 Å². The summed E-state index contributed by atoms with van der Waals surface area (Å²) in [7, 11) is 0. The Labute approximate surface area is 98.1 Å². The van der Waals surface area contributed by atoms with Crippen molar-refractivity contribution < 1.29 is 18.7 Å². The molecule has 0 spiro atoms. The van der Waals surface area contributed by atoms with Crippen molar-refractivity contribution in [3.05, 3.63) is 29.0 Å². The van der Waals surface area contributed by atoms with E-state index in [0.29, 0.717) is 11.6 Å². The van der Waals surface area contributed by atoms with Gasteiger partial charge in [0.05, 0.1) is 24.7 Å². The fraction of sp³-hybridized carbons (Fsp3) is 0.364. The number of benzene rings is 1. The van der Waals surface area contributed by atoms with E-state index in [2.05, 4.69) is 0 Å². The fourth-order valence-corrected chi connectivity index (χ4v) is 1.24. The standard InChI is InChI=1S/C11H12ClFO3/c1-2-15-11(14)5-6-16-10-7-8(13)3-4-9(10)12/h3-4,7H,2,5-6H2,1H3. The van der Waals surface area contributed by atoms with Crippen molar-refractivity contribution in [1.29, 1.82) is 0 Å². The molecule has 0 bridgehead atoms. The van der Waals surface area contributed by atoms with E-state index in [1.54, 1.807) is 6.92 Å². The summed E-state index contributed by atoms with van der Waals surface area (Å²) >= 11 is 5.76. The Morgan fingerprint density at radius 1 is 1.50 bits per heavy atom. The highest BCUT2D eigenvalue weighted by molar-refractivity contribution is 6.32. The second kappa shape index (κ2) is 6.33. The van der Waals surface area contributed by atoms with Gasteiger partial charge < -0.3 is 9.47 Å². The van der Waals surface area contributed by atoms with Crippen molar-refractivity contribution in [2.75, 3.05) is 13.2 Å². The third-order valence-corrected chi connectivity index (χ3v) is 2.07. The molecule has 0 fully saturated rings. The summed E-state index contributed by atoms with van der Waals surface area (Å²) in [6.45, 7) is 2.17. The van der Waals surface area contributed by atoms with E-state index in [-0.39, 0.29) is 24.7 Å². The summed E-state index contributed by atoms with van der Waals surface area (Å²) in [5.74, 6) is -0.559. The summed E-state index contributed by atoms with van der Waals surface area (Å²) in [5, 5.41) is 0.310. The zero-order valence-electron chi connectivity index (χ0n) is 8.83. The van der Waals surface area contributed by atoms with Crippen LogP contribution < -0.4 is 4.74 Å². The van der Waals surface area contributed by atoms with Crippen LogP contribution in [0.5, 0.6) is 5.75 Å². The van der Waals surface area contributed by atoms with Gasteiger partial charge in [-0.25, -0.2) is 4.39 Å². The minimum Gasteiger partial charge on any atom is -0.491 e. The van der Waals surface area contributed by atoms with Gasteiger partial charge in [-0.05, 0) is 19.1 Å². The first kappa shape index (κ1) is 12.8. The fourth-order valence-electron chi connectivity index (χ4n) is 1.07. The first-order valence-electron chi connectivity index (χ1n) is 4.87. The third kappa shape index (κ3) is 4.06. The van der Waals surface area contributed by atoms with E-state index in [4.69, 9.17) is 21.1 Å². The Morgan fingerprint density at radius 2 is 2.25 bits per heavy atom. The van der Waals surface area contributed by atoms with Crippen molar-refractivity contribution in [2.24, 2.45) is 0 Å². The molecule has 1 aromatic rings. The lowest BCUT2D eigenvalue weighted by Crippen LogP contribution is -2.09.